The second-order valence-corrected chi connectivity index (χ2v) is 11.5. The molecule has 1 saturated heterocycles. The summed E-state index contributed by atoms with van der Waals surface area (Å²) in [6.07, 6.45) is 13.2. The Kier molecular flexibility index (Phi) is 5.67. The van der Waals surface area contributed by atoms with Gasteiger partial charge >= 0.3 is 0 Å². The molecule has 0 amide bonds. The molecule has 1 unspecified atom stereocenters. The van der Waals surface area contributed by atoms with Crippen LogP contribution >= 0.6 is 11.3 Å². The zero-order valence-electron chi connectivity index (χ0n) is 17.3. The first kappa shape index (κ1) is 19.9. The van der Waals surface area contributed by atoms with E-state index in [0.29, 0.717) is 5.75 Å². The maximum Gasteiger partial charge on any atom is 0.105 e. The Morgan fingerprint density at radius 1 is 1.34 bits per heavy atom. The maximum atomic E-state index is 11.3. The monoisotopic (exact) mass is 433 g/mol. The van der Waals surface area contributed by atoms with E-state index in [-0.39, 0.29) is 5.60 Å². The van der Waals surface area contributed by atoms with E-state index in [1.165, 1.54) is 24.8 Å². The Hall–Kier alpha value is -1.02. The lowest BCUT2D eigenvalue weighted by Gasteiger charge is -2.43. The van der Waals surface area contributed by atoms with E-state index in [9.17, 15) is 4.21 Å². The first-order valence-corrected chi connectivity index (χ1v) is 13.5. The molecule has 0 aromatic carbocycles. The fourth-order valence-electron chi connectivity index (χ4n) is 4.87. The van der Waals surface area contributed by atoms with Gasteiger partial charge in [-0.2, -0.15) is 5.10 Å². The first-order chi connectivity index (χ1) is 14.1. The van der Waals surface area contributed by atoms with Gasteiger partial charge in [-0.15, -0.1) is 11.3 Å². The fraction of sp³-hybridized carbons (Fsp3) is 0.682. The van der Waals surface area contributed by atoms with Gasteiger partial charge in [0.1, 0.15) is 5.60 Å². The molecule has 7 heteroatoms. The first-order valence-electron chi connectivity index (χ1n) is 10.9. The van der Waals surface area contributed by atoms with E-state index >= 15 is 0 Å². The summed E-state index contributed by atoms with van der Waals surface area (Å²) in [5.74, 6) is 1.49. The standard InChI is InChI=1S/C22H31N3O2S2/c1-29(26)12-10-25-16-17(14-23-25)15-24-8-6-22(7-9-24)21-19(5-11-27-22)13-20(28-21)18-3-2-4-18/h13-14,16,18H,2-12,15H2,1H3. The molecule has 2 fully saturated rings. The highest BCUT2D eigenvalue weighted by molar-refractivity contribution is 7.84. The molecule has 2 aromatic heterocycles. The van der Waals surface area contributed by atoms with Crippen LogP contribution in [-0.4, -0.2) is 50.6 Å². The van der Waals surface area contributed by atoms with Gasteiger partial charge in [-0.1, -0.05) is 6.42 Å². The summed E-state index contributed by atoms with van der Waals surface area (Å²) in [5, 5.41) is 4.43. The Bertz CT molecular complexity index is 879. The average Bonchev–Trinajstić information content (AvgIpc) is 3.28. The molecule has 2 aromatic rings. The van der Waals surface area contributed by atoms with E-state index in [0.717, 1.165) is 58.0 Å². The van der Waals surface area contributed by atoms with Crippen LogP contribution in [0.15, 0.2) is 18.5 Å². The second kappa shape index (κ2) is 8.25. The molecular weight excluding hydrogens is 402 g/mol. The molecule has 0 bridgehead atoms. The Morgan fingerprint density at radius 3 is 2.90 bits per heavy atom. The van der Waals surface area contributed by atoms with E-state index in [2.05, 4.69) is 33.6 Å². The summed E-state index contributed by atoms with van der Waals surface area (Å²) < 4.78 is 19.7. The largest absolute Gasteiger partial charge is 0.369 e. The molecule has 29 heavy (non-hydrogen) atoms. The predicted octanol–water partition coefficient (Wildman–Crippen LogP) is 3.65. The van der Waals surface area contributed by atoms with Crippen LogP contribution in [0.4, 0.5) is 0 Å². The highest BCUT2D eigenvalue weighted by atomic mass is 32.2. The third kappa shape index (κ3) is 4.11. The summed E-state index contributed by atoms with van der Waals surface area (Å²) in [6, 6.07) is 2.51. The van der Waals surface area contributed by atoms with Crippen molar-refractivity contribution in [3.63, 3.8) is 0 Å². The minimum absolute atomic E-state index is 0.0356. The summed E-state index contributed by atoms with van der Waals surface area (Å²) in [7, 11) is -0.770. The van der Waals surface area contributed by atoms with E-state index in [4.69, 9.17) is 4.74 Å². The molecule has 1 spiro atoms. The van der Waals surface area contributed by atoms with Crippen molar-refractivity contribution in [2.45, 2.75) is 63.1 Å². The van der Waals surface area contributed by atoms with Crippen LogP contribution in [0.1, 0.15) is 58.9 Å². The Labute approximate surface area is 179 Å². The number of aromatic nitrogens is 2. The average molecular weight is 434 g/mol. The van der Waals surface area contributed by atoms with E-state index in [1.807, 2.05) is 10.9 Å². The van der Waals surface area contributed by atoms with Crippen LogP contribution in [0.5, 0.6) is 0 Å². The predicted molar refractivity (Wildman–Crippen MR) is 118 cm³/mol. The summed E-state index contributed by atoms with van der Waals surface area (Å²) in [4.78, 5) is 5.70. The lowest BCUT2D eigenvalue weighted by molar-refractivity contribution is -0.0960. The Morgan fingerprint density at radius 2 is 2.17 bits per heavy atom. The van der Waals surface area contributed by atoms with Crippen molar-refractivity contribution in [3.8, 4) is 0 Å². The highest BCUT2D eigenvalue weighted by Gasteiger charge is 2.43. The molecule has 5 rings (SSSR count). The SMILES string of the molecule is CS(=O)CCn1cc(CN2CCC3(CC2)OCCc2cc(C4CCC4)sc23)cn1. The van der Waals surface area contributed by atoms with Gasteiger partial charge in [0.2, 0.25) is 0 Å². The zero-order chi connectivity index (χ0) is 19.8. The topological polar surface area (TPSA) is 47.4 Å². The third-order valence-corrected chi connectivity index (χ3v) is 9.15. The van der Waals surface area contributed by atoms with Gasteiger partial charge in [0.05, 0.1) is 19.3 Å². The van der Waals surface area contributed by atoms with Crippen molar-refractivity contribution in [1.82, 2.24) is 14.7 Å². The molecule has 2 aliphatic heterocycles. The van der Waals surface area contributed by atoms with Crippen molar-refractivity contribution in [3.05, 3.63) is 39.3 Å². The van der Waals surface area contributed by atoms with Crippen molar-refractivity contribution in [2.75, 3.05) is 31.7 Å². The van der Waals surface area contributed by atoms with Crippen LogP contribution in [-0.2, 0) is 40.6 Å². The molecule has 5 nitrogen and oxygen atoms in total. The molecule has 1 saturated carbocycles. The number of aryl methyl sites for hydroxylation is 1. The van der Waals surface area contributed by atoms with Gasteiger partial charge in [-0.05, 0) is 49.7 Å². The maximum absolute atomic E-state index is 11.3. The molecule has 1 atom stereocenters. The van der Waals surface area contributed by atoms with Gasteiger partial charge in [-0.3, -0.25) is 13.8 Å². The molecule has 3 aliphatic rings. The summed E-state index contributed by atoms with van der Waals surface area (Å²) in [6.45, 7) is 4.68. The van der Waals surface area contributed by atoms with Gasteiger partial charge in [-0.25, -0.2) is 0 Å². The van der Waals surface area contributed by atoms with Gasteiger partial charge in [0.25, 0.3) is 0 Å². The number of thiophene rings is 1. The molecule has 1 aliphatic carbocycles. The van der Waals surface area contributed by atoms with Crippen molar-refractivity contribution in [1.29, 1.82) is 0 Å². The van der Waals surface area contributed by atoms with E-state index < -0.39 is 10.8 Å². The molecular formula is C22H31N3O2S2. The van der Waals surface area contributed by atoms with Crippen LogP contribution in [0.25, 0.3) is 0 Å². The smallest absolute Gasteiger partial charge is 0.105 e. The van der Waals surface area contributed by atoms with Gasteiger partial charge in [0, 0.05) is 64.0 Å². The van der Waals surface area contributed by atoms with Gasteiger partial charge < -0.3 is 4.74 Å². The fourth-order valence-corrected chi connectivity index (χ4v) is 6.90. The minimum Gasteiger partial charge on any atom is -0.369 e. The Balaban J connectivity index is 1.22. The summed E-state index contributed by atoms with van der Waals surface area (Å²) in [5.41, 5.74) is 2.79. The number of hydrogen-bond acceptors (Lipinski definition) is 5. The van der Waals surface area contributed by atoms with Gasteiger partial charge in [0.15, 0.2) is 0 Å². The third-order valence-electron chi connectivity index (χ3n) is 6.86. The molecule has 0 radical (unpaired) electrons. The van der Waals surface area contributed by atoms with E-state index in [1.54, 1.807) is 21.6 Å². The zero-order valence-corrected chi connectivity index (χ0v) is 18.9. The van der Waals surface area contributed by atoms with Crippen molar-refractivity contribution in [2.24, 2.45) is 0 Å². The lowest BCUT2D eigenvalue weighted by atomic mass is 9.82. The number of hydrogen-bond donors (Lipinski definition) is 0. The summed E-state index contributed by atoms with van der Waals surface area (Å²) >= 11 is 2.06. The number of likely N-dealkylation sites (tertiary alicyclic amines) is 1. The van der Waals surface area contributed by atoms with Crippen LogP contribution in [0, 0.1) is 0 Å². The molecule has 158 valence electrons. The number of piperidine rings is 1. The van der Waals surface area contributed by atoms with Crippen molar-refractivity contribution >= 4 is 22.1 Å². The number of ether oxygens (including phenoxy) is 1. The number of nitrogens with zero attached hydrogens (tertiary/aromatic N) is 3. The van der Waals surface area contributed by atoms with Crippen LogP contribution in [0.3, 0.4) is 0 Å². The quantitative estimate of drug-likeness (QED) is 0.698. The normalized spacial score (nSPS) is 23.1. The molecule has 4 heterocycles. The minimum atomic E-state index is -0.770. The lowest BCUT2D eigenvalue weighted by Crippen LogP contribution is -2.45. The van der Waals surface area contributed by atoms with Crippen LogP contribution in [0.2, 0.25) is 0 Å². The number of rotatable bonds is 6. The molecule has 0 N–H and O–H groups in total. The second-order valence-electron chi connectivity index (χ2n) is 8.89. The number of fused-ring (bicyclic) bond motifs is 2. The van der Waals surface area contributed by atoms with Crippen molar-refractivity contribution < 1.29 is 8.95 Å². The highest BCUT2D eigenvalue weighted by Crippen LogP contribution is 2.49. The van der Waals surface area contributed by atoms with Crippen LogP contribution < -0.4 is 0 Å².